The Kier molecular flexibility index (Phi) is 4.89. The highest BCUT2D eigenvalue weighted by Crippen LogP contribution is 2.18. The number of nitrogens with zero attached hydrogens (tertiary/aromatic N) is 1. The van der Waals surface area contributed by atoms with Gasteiger partial charge in [-0.15, -0.1) is 11.3 Å². The van der Waals surface area contributed by atoms with Gasteiger partial charge in [-0.25, -0.2) is 4.98 Å². The smallest absolute Gasteiger partial charge is 0.224 e. The fraction of sp³-hybridized carbons (Fsp3) is 0.636. The number of carbonyl (C=O) groups excluding carboxylic acids is 1. The van der Waals surface area contributed by atoms with Gasteiger partial charge in [0.2, 0.25) is 5.91 Å². The Morgan fingerprint density at radius 3 is 2.81 bits per heavy atom. The van der Waals surface area contributed by atoms with Crippen molar-refractivity contribution in [3.05, 3.63) is 16.1 Å². The molecule has 0 aliphatic heterocycles. The quantitative estimate of drug-likeness (QED) is 0.823. The number of rotatable bonds is 5. The summed E-state index contributed by atoms with van der Waals surface area (Å²) in [5.74, 6) is -0.0751. The number of hydrogen-bond donors (Lipinski definition) is 2. The Bertz CT molecular complexity index is 347. The molecule has 2 atom stereocenters. The maximum absolute atomic E-state index is 11.8. The van der Waals surface area contributed by atoms with Gasteiger partial charge < -0.3 is 11.1 Å². The molecule has 2 unspecified atom stereocenters. The number of carbonyl (C=O) groups is 1. The lowest BCUT2D eigenvalue weighted by Gasteiger charge is -2.16. The summed E-state index contributed by atoms with van der Waals surface area (Å²) in [7, 11) is 0. The number of aromatic nitrogens is 1. The fourth-order valence-electron chi connectivity index (χ4n) is 1.42. The van der Waals surface area contributed by atoms with Crippen LogP contribution >= 0.6 is 11.3 Å². The summed E-state index contributed by atoms with van der Waals surface area (Å²) in [4.78, 5) is 16.1. The second-order valence-electron chi connectivity index (χ2n) is 3.90. The highest BCUT2D eigenvalue weighted by molar-refractivity contribution is 7.09. The number of nitrogens with two attached hydrogens (primary N) is 1. The second-order valence-corrected chi connectivity index (χ2v) is 4.79. The first-order chi connectivity index (χ1) is 7.58. The maximum Gasteiger partial charge on any atom is 0.224 e. The molecule has 0 fully saturated rings. The summed E-state index contributed by atoms with van der Waals surface area (Å²) in [5, 5.41) is 5.87. The Morgan fingerprint density at radius 2 is 2.38 bits per heavy atom. The molecule has 0 aliphatic rings. The number of nitrogens with one attached hydrogen (secondary N) is 1. The highest BCUT2D eigenvalue weighted by atomic mass is 32.1. The van der Waals surface area contributed by atoms with Crippen molar-refractivity contribution in [3.8, 4) is 0 Å². The van der Waals surface area contributed by atoms with Gasteiger partial charge in [-0.05, 0) is 20.3 Å². The molecule has 1 aromatic heterocycles. The van der Waals surface area contributed by atoms with E-state index in [1.807, 2.05) is 26.2 Å². The predicted octanol–water partition coefficient (Wildman–Crippen LogP) is 1.61. The van der Waals surface area contributed by atoms with Gasteiger partial charge in [-0.2, -0.15) is 0 Å². The van der Waals surface area contributed by atoms with Crippen LogP contribution < -0.4 is 11.1 Å². The molecule has 1 rings (SSSR count). The third-order valence-electron chi connectivity index (χ3n) is 2.51. The molecule has 0 aromatic carbocycles. The van der Waals surface area contributed by atoms with Crippen molar-refractivity contribution in [2.75, 3.05) is 6.54 Å². The van der Waals surface area contributed by atoms with E-state index >= 15 is 0 Å². The number of hydrogen-bond acceptors (Lipinski definition) is 4. The van der Waals surface area contributed by atoms with Gasteiger partial charge in [0.15, 0.2) is 0 Å². The first-order valence-corrected chi connectivity index (χ1v) is 6.38. The molecular formula is C11H19N3OS. The second kappa shape index (κ2) is 5.96. The molecule has 0 bridgehead atoms. The van der Waals surface area contributed by atoms with Crippen LogP contribution in [-0.4, -0.2) is 17.4 Å². The van der Waals surface area contributed by atoms with Crippen LogP contribution in [0.1, 0.15) is 37.0 Å². The summed E-state index contributed by atoms with van der Waals surface area (Å²) >= 11 is 1.57. The van der Waals surface area contributed by atoms with Crippen molar-refractivity contribution in [3.63, 3.8) is 0 Å². The van der Waals surface area contributed by atoms with Crippen LogP contribution in [0.3, 0.4) is 0 Å². The Hall–Kier alpha value is -0.940. The van der Waals surface area contributed by atoms with Crippen LogP contribution in [0.4, 0.5) is 0 Å². The van der Waals surface area contributed by atoms with Gasteiger partial charge in [0.05, 0.1) is 6.04 Å². The molecule has 4 nitrogen and oxygen atoms in total. The summed E-state index contributed by atoms with van der Waals surface area (Å²) in [6, 6.07) is -0.0354. The minimum atomic E-state index is -0.0940. The lowest BCUT2D eigenvalue weighted by molar-refractivity contribution is -0.125. The third kappa shape index (κ3) is 3.28. The number of aryl methyl sites for hydroxylation is 1. The van der Waals surface area contributed by atoms with Gasteiger partial charge in [0.25, 0.3) is 0 Å². The third-order valence-corrected chi connectivity index (χ3v) is 3.66. The summed E-state index contributed by atoms with van der Waals surface area (Å²) in [5.41, 5.74) is 6.52. The standard InChI is InChI=1S/C11H19N3OS/c1-4-9(5-12)10(15)14-8(3)11-13-7(2)6-16-11/h6,8-9H,4-5,12H2,1-3H3,(H,14,15). The normalized spacial score (nSPS) is 14.5. The van der Waals surface area contributed by atoms with Crippen LogP contribution in [0.2, 0.25) is 0 Å². The van der Waals surface area contributed by atoms with Gasteiger partial charge in [-0.3, -0.25) is 4.79 Å². The molecule has 1 heterocycles. The monoisotopic (exact) mass is 241 g/mol. The van der Waals surface area contributed by atoms with Crippen LogP contribution in [0, 0.1) is 12.8 Å². The minimum Gasteiger partial charge on any atom is -0.347 e. The molecule has 5 heteroatoms. The largest absolute Gasteiger partial charge is 0.347 e. The molecule has 90 valence electrons. The Balaban J connectivity index is 2.57. The first-order valence-electron chi connectivity index (χ1n) is 5.51. The van der Waals surface area contributed by atoms with Crippen molar-refractivity contribution < 1.29 is 4.79 Å². The highest BCUT2D eigenvalue weighted by Gasteiger charge is 2.18. The van der Waals surface area contributed by atoms with Crippen LogP contribution in [-0.2, 0) is 4.79 Å². The SMILES string of the molecule is CCC(CN)C(=O)NC(C)c1nc(C)cs1. The van der Waals surface area contributed by atoms with Gasteiger partial charge >= 0.3 is 0 Å². The molecule has 3 N–H and O–H groups in total. The van der Waals surface area contributed by atoms with Gasteiger partial charge in [0, 0.05) is 23.5 Å². The molecule has 0 saturated carbocycles. The number of amides is 1. The van der Waals surface area contributed by atoms with Gasteiger partial charge in [0.1, 0.15) is 5.01 Å². The predicted molar refractivity (Wildman–Crippen MR) is 66.2 cm³/mol. The van der Waals surface area contributed by atoms with Crippen molar-refractivity contribution in [1.29, 1.82) is 0 Å². The fourth-order valence-corrected chi connectivity index (χ4v) is 2.23. The van der Waals surface area contributed by atoms with Crippen molar-refractivity contribution in [2.45, 2.75) is 33.2 Å². The van der Waals surface area contributed by atoms with E-state index in [4.69, 9.17) is 5.73 Å². The summed E-state index contributed by atoms with van der Waals surface area (Å²) in [6.45, 7) is 6.25. The van der Waals surface area contributed by atoms with E-state index in [2.05, 4.69) is 10.3 Å². The van der Waals surface area contributed by atoms with Gasteiger partial charge in [-0.1, -0.05) is 6.92 Å². The van der Waals surface area contributed by atoms with E-state index in [0.717, 1.165) is 17.1 Å². The minimum absolute atomic E-state index is 0.0188. The first kappa shape index (κ1) is 13.1. The molecule has 0 saturated heterocycles. The molecule has 1 amide bonds. The average molecular weight is 241 g/mol. The zero-order valence-electron chi connectivity index (χ0n) is 9.99. The summed E-state index contributed by atoms with van der Waals surface area (Å²) < 4.78 is 0. The van der Waals surface area contributed by atoms with Crippen molar-refractivity contribution in [1.82, 2.24) is 10.3 Å². The average Bonchev–Trinajstić information content (AvgIpc) is 2.66. The van der Waals surface area contributed by atoms with Crippen molar-refractivity contribution >= 4 is 17.2 Å². The zero-order valence-corrected chi connectivity index (χ0v) is 10.8. The molecule has 1 aromatic rings. The van der Waals surface area contributed by atoms with E-state index in [9.17, 15) is 4.79 Å². The Morgan fingerprint density at radius 1 is 1.69 bits per heavy atom. The van der Waals surface area contributed by atoms with Crippen LogP contribution in [0.5, 0.6) is 0 Å². The molecule has 0 aliphatic carbocycles. The maximum atomic E-state index is 11.8. The van der Waals surface area contributed by atoms with Crippen LogP contribution in [0.25, 0.3) is 0 Å². The summed E-state index contributed by atoms with van der Waals surface area (Å²) in [6.07, 6.45) is 0.770. The topological polar surface area (TPSA) is 68.0 Å². The van der Waals surface area contributed by atoms with E-state index in [0.29, 0.717) is 6.54 Å². The van der Waals surface area contributed by atoms with E-state index < -0.39 is 0 Å². The molecule has 0 radical (unpaired) electrons. The molecule has 0 spiro atoms. The molecule has 16 heavy (non-hydrogen) atoms. The van der Waals surface area contributed by atoms with Crippen molar-refractivity contribution in [2.24, 2.45) is 11.7 Å². The lowest BCUT2D eigenvalue weighted by Crippen LogP contribution is -2.36. The number of thiazole rings is 1. The molecular weight excluding hydrogens is 222 g/mol. The lowest BCUT2D eigenvalue weighted by atomic mass is 10.1. The van der Waals surface area contributed by atoms with E-state index in [1.165, 1.54) is 0 Å². The van der Waals surface area contributed by atoms with Crippen LogP contribution in [0.15, 0.2) is 5.38 Å². The zero-order chi connectivity index (χ0) is 12.1. The van der Waals surface area contributed by atoms with E-state index in [-0.39, 0.29) is 17.9 Å². The Labute approximate surface area is 100 Å². The van der Waals surface area contributed by atoms with E-state index in [1.54, 1.807) is 11.3 Å².